The highest BCUT2D eigenvalue weighted by Gasteiger charge is 2.21. The Hall–Kier alpha value is -1.77. The summed E-state index contributed by atoms with van der Waals surface area (Å²) in [5.41, 5.74) is 2.62. The summed E-state index contributed by atoms with van der Waals surface area (Å²) in [6.45, 7) is 10.3. The van der Waals surface area contributed by atoms with E-state index in [0.29, 0.717) is 12.0 Å². The Bertz CT molecular complexity index is 725. The smallest absolute Gasteiger partial charge is 0.194 e. The molecule has 3 heteroatoms. The molecule has 0 nitrogen and oxygen atoms in total. The minimum absolute atomic E-state index is 0.110. The van der Waals surface area contributed by atoms with Gasteiger partial charge in [0.15, 0.2) is 17.5 Å². The molecule has 0 atom stereocenters. The van der Waals surface area contributed by atoms with Gasteiger partial charge in [-0.25, -0.2) is 13.2 Å². The zero-order valence-electron chi connectivity index (χ0n) is 15.0. The Kier molecular flexibility index (Phi) is 5.42. The van der Waals surface area contributed by atoms with E-state index in [9.17, 15) is 13.2 Å². The Morgan fingerprint density at radius 3 is 2.21 bits per heavy atom. The lowest BCUT2D eigenvalue weighted by Crippen LogP contribution is -2.09. The van der Waals surface area contributed by atoms with E-state index >= 15 is 0 Å². The predicted molar refractivity (Wildman–Crippen MR) is 93.5 cm³/mol. The summed E-state index contributed by atoms with van der Waals surface area (Å²) in [4.78, 5) is 0. The van der Waals surface area contributed by atoms with Crippen molar-refractivity contribution < 1.29 is 13.2 Å². The van der Waals surface area contributed by atoms with Crippen molar-refractivity contribution in [3.05, 3.63) is 58.9 Å². The number of halogens is 3. The third-order valence-corrected chi connectivity index (χ3v) is 3.85. The van der Waals surface area contributed by atoms with Crippen molar-refractivity contribution in [1.29, 1.82) is 0 Å². The molecule has 0 saturated heterocycles. The fraction of sp³-hybridized carbons (Fsp3) is 0.429. The predicted octanol–water partition coefficient (Wildman–Crippen LogP) is 6.56. The second-order valence-corrected chi connectivity index (χ2v) is 8.05. The molecule has 2 aromatic rings. The molecule has 0 aliphatic rings. The molecule has 0 fully saturated rings. The average molecular weight is 334 g/mol. The summed E-state index contributed by atoms with van der Waals surface area (Å²) in [7, 11) is 0. The number of benzene rings is 2. The molecule has 0 heterocycles. The average Bonchev–Trinajstić information content (AvgIpc) is 2.46. The van der Waals surface area contributed by atoms with Crippen molar-refractivity contribution in [2.75, 3.05) is 0 Å². The SMILES string of the molecule is CC(C)Cc1c(-c2cccc(CC(C)(C)C)c2)cc(F)c(F)c1F. The number of hydrogen-bond donors (Lipinski definition) is 0. The Balaban J connectivity index is 2.57. The van der Waals surface area contributed by atoms with E-state index in [1.807, 2.05) is 38.1 Å². The molecule has 0 aromatic heterocycles. The standard InChI is InChI=1S/C21H25F3/c1-13(2)9-17-16(11-18(22)20(24)19(17)23)15-8-6-7-14(10-15)12-21(3,4)5/h6-8,10-11,13H,9,12H2,1-5H3. The van der Waals surface area contributed by atoms with Crippen LogP contribution in [-0.2, 0) is 12.8 Å². The highest BCUT2D eigenvalue weighted by molar-refractivity contribution is 5.68. The van der Waals surface area contributed by atoms with Crippen LogP contribution in [0.3, 0.4) is 0 Å². The first-order chi connectivity index (χ1) is 11.1. The van der Waals surface area contributed by atoms with Crippen LogP contribution in [0.5, 0.6) is 0 Å². The lowest BCUT2D eigenvalue weighted by atomic mass is 9.86. The van der Waals surface area contributed by atoms with Crippen LogP contribution in [0.15, 0.2) is 30.3 Å². The monoisotopic (exact) mass is 334 g/mol. The van der Waals surface area contributed by atoms with E-state index in [2.05, 4.69) is 20.8 Å². The molecule has 0 amide bonds. The maximum Gasteiger partial charge on any atom is 0.194 e. The molecule has 24 heavy (non-hydrogen) atoms. The van der Waals surface area contributed by atoms with Crippen molar-refractivity contribution >= 4 is 0 Å². The summed E-state index contributed by atoms with van der Waals surface area (Å²) < 4.78 is 41.8. The lowest BCUT2D eigenvalue weighted by Gasteiger charge is -2.19. The van der Waals surface area contributed by atoms with Crippen LogP contribution in [0.25, 0.3) is 11.1 Å². The molecule has 130 valence electrons. The summed E-state index contributed by atoms with van der Waals surface area (Å²) in [5.74, 6) is -3.46. The first-order valence-electron chi connectivity index (χ1n) is 8.34. The summed E-state index contributed by atoms with van der Waals surface area (Å²) in [6.07, 6.45) is 1.22. The Labute approximate surface area is 142 Å². The second-order valence-electron chi connectivity index (χ2n) is 8.05. The summed E-state index contributed by atoms with van der Waals surface area (Å²) in [6, 6.07) is 8.78. The molecule has 0 saturated carbocycles. The third kappa shape index (κ3) is 4.40. The molecule has 0 bridgehead atoms. The van der Waals surface area contributed by atoms with Gasteiger partial charge < -0.3 is 0 Å². The van der Waals surface area contributed by atoms with Gasteiger partial charge in [0.2, 0.25) is 0 Å². The number of hydrogen-bond acceptors (Lipinski definition) is 0. The first kappa shape index (κ1) is 18.6. The van der Waals surface area contributed by atoms with Gasteiger partial charge in [-0.15, -0.1) is 0 Å². The molecular weight excluding hydrogens is 309 g/mol. The topological polar surface area (TPSA) is 0 Å². The van der Waals surface area contributed by atoms with E-state index in [1.165, 1.54) is 0 Å². The van der Waals surface area contributed by atoms with Crippen molar-refractivity contribution in [3.63, 3.8) is 0 Å². The van der Waals surface area contributed by atoms with Gasteiger partial charge in [0, 0.05) is 0 Å². The zero-order valence-corrected chi connectivity index (χ0v) is 15.0. The van der Waals surface area contributed by atoms with Crippen LogP contribution in [-0.4, -0.2) is 0 Å². The fourth-order valence-electron chi connectivity index (χ4n) is 2.96. The highest BCUT2D eigenvalue weighted by atomic mass is 19.2. The van der Waals surface area contributed by atoms with Gasteiger partial charge in [-0.3, -0.25) is 0 Å². The zero-order chi connectivity index (χ0) is 18.1. The quantitative estimate of drug-likeness (QED) is 0.556. The first-order valence-corrected chi connectivity index (χ1v) is 8.34. The minimum atomic E-state index is -1.39. The molecule has 0 radical (unpaired) electrons. The van der Waals surface area contributed by atoms with E-state index in [-0.39, 0.29) is 16.9 Å². The maximum absolute atomic E-state index is 14.3. The van der Waals surface area contributed by atoms with Crippen LogP contribution in [0.1, 0.15) is 45.7 Å². The normalized spacial score (nSPS) is 12.0. The number of rotatable bonds is 4. The molecule has 2 rings (SSSR count). The van der Waals surface area contributed by atoms with Gasteiger partial charge in [0.25, 0.3) is 0 Å². The maximum atomic E-state index is 14.3. The van der Waals surface area contributed by atoms with Crippen LogP contribution >= 0.6 is 0 Å². The van der Waals surface area contributed by atoms with Crippen molar-refractivity contribution in [3.8, 4) is 11.1 Å². The van der Waals surface area contributed by atoms with E-state index < -0.39 is 17.5 Å². The van der Waals surface area contributed by atoms with Crippen LogP contribution < -0.4 is 0 Å². The Morgan fingerprint density at radius 1 is 0.958 bits per heavy atom. The molecular formula is C21H25F3. The van der Waals surface area contributed by atoms with Crippen molar-refractivity contribution in [2.24, 2.45) is 11.3 Å². The van der Waals surface area contributed by atoms with Gasteiger partial charge in [-0.05, 0) is 52.5 Å². The lowest BCUT2D eigenvalue weighted by molar-refractivity contribution is 0.411. The van der Waals surface area contributed by atoms with Crippen LogP contribution in [0, 0.1) is 28.8 Å². The van der Waals surface area contributed by atoms with Gasteiger partial charge >= 0.3 is 0 Å². The highest BCUT2D eigenvalue weighted by Crippen LogP contribution is 2.32. The fourth-order valence-corrected chi connectivity index (χ4v) is 2.96. The van der Waals surface area contributed by atoms with Crippen molar-refractivity contribution in [1.82, 2.24) is 0 Å². The van der Waals surface area contributed by atoms with Gasteiger partial charge in [-0.1, -0.05) is 58.9 Å². The molecule has 0 unspecified atom stereocenters. The van der Waals surface area contributed by atoms with E-state index in [0.717, 1.165) is 23.6 Å². The molecule has 2 aromatic carbocycles. The molecule has 0 aliphatic heterocycles. The largest absolute Gasteiger partial charge is 0.204 e. The van der Waals surface area contributed by atoms with Gasteiger partial charge in [-0.2, -0.15) is 0 Å². The van der Waals surface area contributed by atoms with E-state index in [4.69, 9.17) is 0 Å². The van der Waals surface area contributed by atoms with Crippen LogP contribution in [0.2, 0.25) is 0 Å². The molecule has 0 N–H and O–H groups in total. The van der Waals surface area contributed by atoms with Gasteiger partial charge in [0.05, 0.1) is 0 Å². The van der Waals surface area contributed by atoms with Gasteiger partial charge in [0.1, 0.15) is 0 Å². The molecule has 0 aliphatic carbocycles. The Morgan fingerprint density at radius 2 is 1.62 bits per heavy atom. The van der Waals surface area contributed by atoms with Crippen molar-refractivity contribution in [2.45, 2.75) is 47.5 Å². The molecule has 0 spiro atoms. The third-order valence-electron chi connectivity index (χ3n) is 3.85. The second kappa shape index (κ2) is 7.00. The summed E-state index contributed by atoms with van der Waals surface area (Å²) >= 11 is 0. The van der Waals surface area contributed by atoms with Crippen LogP contribution in [0.4, 0.5) is 13.2 Å². The van der Waals surface area contributed by atoms with E-state index in [1.54, 1.807) is 0 Å². The minimum Gasteiger partial charge on any atom is -0.204 e. The summed E-state index contributed by atoms with van der Waals surface area (Å²) in [5, 5.41) is 0.